The lowest BCUT2D eigenvalue weighted by molar-refractivity contribution is -0.114. The highest BCUT2D eigenvalue weighted by Crippen LogP contribution is 2.34. The molecule has 3 rings (SSSR count). The third kappa shape index (κ3) is 2.37. The summed E-state index contributed by atoms with van der Waals surface area (Å²) in [5.74, 6) is -1.06. The van der Waals surface area contributed by atoms with Gasteiger partial charge in [0.25, 0.3) is 11.7 Å². The highest BCUT2D eigenvalue weighted by molar-refractivity contribution is 6.55. The van der Waals surface area contributed by atoms with Crippen LogP contribution in [0.5, 0.6) is 0 Å². The van der Waals surface area contributed by atoms with Gasteiger partial charge >= 0.3 is 0 Å². The van der Waals surface area contributed by atoms with Crippen LogP contribution < -0.4 is 10.2 Å². The summed E-state index contributed by atoms with van der Waals surface area (Å²) in [5, 5.41) is 3.67. The van der Waals surface area contributed by atoms with E-state index in [1.54, 1.807) is 18.2 Å². The van der Waals surface area contributed by atoms with Crippen molar-refractivity contribution in [3.8, 4) is 0 Å². The number of carbonyl (C=O) groups is 2. The Bertz CT molecular complexity index is 608. The van der Waals surface area contributed by atoms with Crippen molar-refractivity contribution in [1.29, 1.82) is 0 Å². The zero-order chi connectivity index (χ0) is 14.3. The molecule has 0 atom stereocenters. The third-order valence-electron chi connectivity index (χ3n) is 3.55. The third-order valence-corrected chi connectivity index (χ3v) is 3.86. The van der Waals surface area contributed by atoms with Gasteiger partial charge in [-0.3, -0.25) is 9.59 Å². The number of ketones is 1. The number of hydrogen-bond donors (Lipinski definition) is 1. The van der Waals surface area contributed by atoms with E-state index in [4.69, 9.17) is 11.6 Å². The highest BCUT2D eigenvalue weighted by Gasteiger charge is 2.37. The van der Waals surface area contributed by atoms with E-state index in [9.17, 15) is 9.59 Å². The normalized spacial score (nSPS) is 17.6. The maximum absolute atomic E-state index is 12.1. The first kappa shape index (κ1) is 13.3. The van der Waals surface area contributed by atoms with Crippen LogP contribution in [0, 0.1) is 0 Å². The first-order valence-corrected chi connectivity index (χ1v) is 7.00. The molecule has 1 aliphatic carbocycles. The summed E-state index contributed by atoms with van der Waals surface area (Å²) in [6, 6.07) is 5.69. The number of anilines is 1. The van der Waals surface area contributed by atoms with E-state index in [1.165, 1.54) is 17.7 Å². The van der Waals surface area contributed by atoms with Crippen molar-refractivity contribution in [2.75, 3.05) is 18.0 Å². The molecule has 0 unspecified atom stereocenters. The van der Waals surface area contributed by atoms with Gasteiger partial charge < -0.3 is 10.2 Å². The molecule has 1 aliphatic heterocycles. The first-order valence-electron chi connectivity index (χ1n) is 6.62. The number of hydrogen-bond acceptors (Lipinski definition) is 3. The first-order chi connectivity index (χ1) is 9.58. The van der Waals surface area contributed by atoms with Gasteiger partial charge in [0.2, 0.25) is 0 Å². The van der Waals surface area contributed by atoms with Crippen LogP contribution in [0.4, 0.5) is 5.69 Å². The highest BCUT2D eigenvalue weighted by atomic mass is 35.5. The molecule has 20 heavy (non-hydrogen) atoms. The van der Waals surface area contributed by atoms with Crippen molar-refractivity contribution in [3.05, 3.63) is 40.9 Å². The topological polar surface area (TPSA) is 49.4 Å². The number of halogens is 1. The number of Topliss-reactive ketones (excluding diaryl/α,β-unsaturated/α-hetero) is 1. The summed E-state index contributed by atoms with van der Waals surface area (Å²) in [7, 11) is 0. The van der Waals surface area contributed by atoms with Crippen molar-refractivity contribution >= 4 is 29.0 Å². The molecule has 1 fully saturated rings. The summed E-state index contributed by atoms with van der Waals surface area (Å²) in [6.45, 7) is 4.98. The van der Waals surface area contributed by atoms with Gasteiger partial charge in [-0.25, -0.2) is 0 Å². The fourth-order valence-electron chi connectivity index (χ4n) is 2.31. The zero-order valence-electron chi connectivity index (χ0n) is 11.0. The predicted molar refractivity (Wildman–Crippen MR) is 78.3 cm³/mol. The second kappa shape index (κ2) is 5.04. The summed E-state index contributed by atoms with van der Waals surface area (Å²) < 4.78 is 0. The largest absolute Gasteiger partial charge is 0.310 e. The number of carbonyl (C=O) groups excluding carboxylic acids is 2. The van der Waals surface area contributed by atoms with E-state index in [0.29, 0.717) is 35.4 Å². The van der Waals surface area contributed by atoms with Gasteiger partial charge in [-0.2, -0.15) is 0 Å². The maximum Gasteiger partial charge on any atom is 0.299 e. The number of nitrogens with zero attached hydrogens (tertiary/aromatic N) is 1. The fraction of sp³-hybridized carbons (Fsp3) is 0.333. The summed E-state index contributed by atoms with van der Waals surface area (Å²) in [5.41, 5.74) is 1.77. The summed E-state index contributed by atoms with van der Waals surface area (Å²) in [6.07, 6.45) is 2.40. The molecule has 1 aromatic carbocycles. The molecule has 1 heterocycles. The number of amides is 1. The van der Waals surface area contributed by atoms with Crippen LogP contribution in [-0.2, 0) is 4.79 Å². The second-order valence-electron chi connectivity index (χ2n) is 5.26. The Morgan fingerprint density at radius 2 is 2.15 bits per heavy atom. The molecular formula is C15H15ClN2O2. The Hall–Kier alpha value is -1.65. The van der Waals surface area contributed by atoms with Crippen molar-refractivity contribution in [2.24, 2.45) is 0 Å². The lowest BCUT2D eigenvalue weighted by Gasteiger charge is -2.18. The smallest absolute Gasteiger partial charge is 0.299 e. The summed E-state index contributed by atoms with van der Waals surface area (Å²) in [4.78, 5) is 25.5. The van der Waals surface area contributed by atoms with E-state index in [0.717, 1.165) is 5.57 Å². The molecule has 104 valence electrons. The number of benzene rings is 1. The molecule has 5 heteroatoms. The van der Waals surface area contributed by atoms with Gasteiger partial charge in [-0.15, -0.1) is 0 Å². The molecule has 2 aliphatic rings. The molecule has 4 nitrogen and oxygen atoms in total. The molecule has 1 N–H and O–H groups in total. The fourth-order valence-corrected chi connectivity index (χ4v) is 2.57. The second-order valence-corrected chi connectivity index (χ2v) is 5.67. The number of rotatable bonds is 5. The lowest BCUT2D eigenvalue weighted by atomic mass is 10.1. The van der Waals surface area contributed by atoms with Crippen molar-refractivity contribution < 1.29 is 9.59 Å². The van der Waals surface area contributed by atoms with Crippen LogP contribution in [0.3, 0.4) is 0 Å². The Kier molecular flexibility index (Phi) is 3.36. The van der Waals surface area contributed by atoms with E-state index >= 15 is 0 Å². The Morgan fingerprint density at radius 1 is 1.40 bits per heavy atom. The average molecular weight is 291 g/mol. The number of fused-ring (bicyclic) bond motifs is 1. The maximum atomic E-state index is 12.1. The molecule has 1 amide bonds. The van der Waals surface area contributed by atoms with E-state index in [-0.39, 0.29) is 0 Å². The van der Waals surface area contributed by atoms with Crippen LogP contribution in [-0.4, -0.2) is 30.8 Å². The average Bonchev–Trinajstić information content (AvgIpc) is 3.21. The SMILES string of the molecule is C=C(CNC1CC1)CN1C(=O)C(=O)c2c(Cl)cccc21. The van der Waals surface area contributed by atoms with Crippen molar-refractivity contribution in [3.63, 3.8) is 0 Å². The van der Waals surface area contributed by atoms with E-state index in [1.807, 2.05) is 0 Å². The zero-order valence-corrected chi connectivity index (χ0v) is 11.7. The van der Waals surface area contributed by atoms with E-state index < -0.39 is 11.7 Å². The van der Waals surface area contributed by atoms with Gasteiger partial charge in [0, 0.05) is 19.1 Å². The van der Waals surface area contributed by atoms with Crippen LogP contribution in [0.15, 0.2) is 30.4 Å². The minimum absolute atomic E-state index is 0.308. The van der Waals surface area contributed by atoms with Gasteiger partial charge in [-0.05, 0) is 30.5 Å². The Morgan fingerprint density at radius 3 is 2.85 bits per heavy atom. The minimum atomic E-state index is -0.534. The van der Waals surface area contributed by atoms with Crippen LogP contribution >= 0.6 is 11.6 Å². The van der Waals surface area contributed by atoms with Gasteiger partial charge in [-0.1, -0.05) is 24.2 Å². The number of nitrogens with one attached hydrogen (secondary N) is 1. The Balaban J connectivity index is 1.76. The predicted octanol–water partition coefficient (Wildman–Crippen LogP) is 2.18. The van der Waals surface area contributed by atoms with Crippen molar-refractivity contribution in [1.82, 2.24) is 5.32 Å². The summed E-state index contributed by atoms with van der Waals surface area (Å²) >= 11 is 6.01. The van der Waals surface area contributed by atoms with Crippen molar-refractivity contribution in [2.45, 2.75) is 18.9 Å². The minimum Gasteiger partial charge on any atom is -0.310 e. The Labute approximate surface area is 122 Å². The van der Waals surface area contributed by atoms with Crippen LogP contribution in [0.1, 0.15) is 23.2 Å². The molecule has 1 saturated carbocycles. The molecular weight excluding hydrogens is 276 g/mol. The molecule has 1 aromatic rings. The monoisotopic (exact) mass is 290 g/mol. The van der Waals surface area contributed by atoms with Gasteiger partial charge in [0.15, 0.2) is 0 Å². The lowest BCUT2D eigenvalue weighted by Crippen LogP contribution is -2.33. The molecule has 0 bridgehead atoms. The molecule has 0 radical (unpaired) electrons. The van der Waals surface area contributed by atoms with Gasteiger partial charge in [0.1, 0.15) is 0 Å². The van der Waals surface area contributed by atoms with Gasteiger partial charge in [0.05, 0.1) is 16.3 Å². The van der Waals surface area contributed by atoms with Crippen LogP contribution in [0.2, 0.25) is 5.02 Å². The quantitative estimate of drug-likeness (QED) is 0.668. The standard InChI is InChI=1S/C15H15ClN2O2/c1-9(7-17-10-5-6-10)8-18-12-4-2-3-11(16)13(12)14(19)15(18)20/h2-4,10,17H,1,5-8H2. The van der Waals surface area contributed by atoms with Crippen LogP contribution in [0.25, 0.3) is 0 Å². The molecule has 0 saturated heterocycles. The van der Waals surface area contributed by atoms with E-state index in [2.05, 4.69) is 11.9 Å². The molecule has 0 spiro atoms. The molecule has 0 aromatic heterocycles.